The molecule has 3 rings (SSSR count). The number of carbonyl (C=O) groups is 1. The molecule has 3 nitrogen and oxygen atoms in total. The number of aromatic nitrogens is 2. The summed E-state index contributed by atoms with van der Waals surface area (Å²) in [4.78, 5) is 19.7. The molecule has 2 aromatic heterocycles. The lowest BCUT2D eigenvalue weighted by atomic mass is 10.1. The number of aryl methyl sites for hydroxylation is 1. The van der Waals surface area contributed by atoms with Crippen LogP contribution in [0.3, 0.4) is 0 Å². The van der Waals surface area contributed by atoms with Gasteiger partial charge < -0.3 is 4.98 Å². The third-order valence-corrected chi connectivity index (χ3v) is 4.46. The number of thiazole rings is 1. The van der Waals surface area contributed by atoms with Gasteiger partial charge >= 0.3 is 0 Å². The van der Waals surface area contributed by atoms with Gasteiger partial charge in [-0.25, -0.2) is 4.98 Å². The highest BCUT2D eigenvalue weighted by Crippen LogP contribution is 2.32. The summed E-state index contributed by atoms with van der Waals surface area (Å²) in [6.07, 6.45) is 0. The predicted molar refractivity (Wildman–Crippen MR) is 86.8 cm³/mol. The molecule has 21 heavy (non-hydrogen) atoms. The molecule has 3 aromatic rings. The van der Waals surface area contributed by atoms with E-state index in [1.54, 1.807) is 18.3 Å². The fourth-order valence-corrected chi connectivity index (χ4v) is 3.45. The van der Waals surface area contributed by atoms with Gasteiger partial charge in [-0.2, -0.15) is 0 Å². The second kappa shape index (κ2) is 5.30. The maximum absolute atomic E-state index is 11.7. The van der Waals surface area contributed by atoms with E-state index in [0.717, 1.165) is 38.8 Å². The van der Waals surface area contributed by atoms with E-state index in [-0.39, 0.29) is 5.78 Å². The molecule has 1 aromatic carbocycles. The highest BCUT2D eigenvalue weighted by atomic mass is 32.1. The normalized spacial score (nSPS) is 10.8. The summed E-state index contributed by atoms with van der Waals surface area (Å²) < 4.78 is 0. The maximum Gasteiger partial charge on any atom is 0.161 e. The summed E-state index contributed by atoms with van der Waals surface area (Å²) in [7, 11) is 0. The number of Topliss-reactive ketones (excluding diaryl/α,β-unsaturated/α-hetero) is 1. The molecule has 0 aliphatic heterocycles. The second-order valence-corrected chi connectivity index (χ2v) is 5.94. The molecule has 0 radical (unpaired) electrons. The molecule has 0 fully saturated rings. The first kappa shape index (κ1) is 13.8. The zero-order valence-corrected chi connectivity index (χ0v) is 13.0. The van der Waals surface area contributed by atoms with Gasteiger partial charge in [0.2, 0.25) is 0 Å². The van der Waals surface area contributed by atoms with Gasteiger partial charge in [0.1, 0.15) is 5.01 Å². The van der Waals surface area contributed by atoms with Gasteiger partial charge in [-0.05, 0) is 26.3 Å². The van der Waals surface area contributed by atoms with Crippen LogP contribution >= 0.6 is 11.3 Å². The number of nitrogens with one attached hydrogen (secondary N) is 1. The summed E-state index contributed by atoms with van der Waals surface area (Å²) in [6.45, 7) is 5.50. The molecule has 0 aliphatic rings. The van der Waals surface area contributed by atoms with E-state index in [9.17, 15) is 4.79 Å². The largest absolute Gasteiger partial charge is 0.356 e. The van der Waals surface area contributed by atoms with Crippen LogP contribution in [0.4, 0.5) is 0 Å². The number of nitrogens with zero attached hydrogens (tertiary/aromatic N) is 1. The van der Waals surface area contributed by atoms with E-state index in [1.165, 1.54) is 0 Å². The number of H-pyrrole nitrogens is 1. The van der Waals surface area contributed by atoms with E-state index >= 15 is 0 Å². The standard InChI is InChI=1S/C17H16N2OS/c1-10-15(12(3)20)11(2)18-16(10)14-9-21-17(19-14)13-7-5-4-6-8-13/h4-9,18H,1-3H3. The van der Waals surface area contributed by atoms with Crippen molar-refractivity contribution < 1.29 is 4.79 Å². The SMILES string of the molecule is CC(=O)c1c(C)[nH]c(-c2csc(-c3ccccc3)n2)c1C. The van der Waals surface area contributed by atoms with Crippen molar-refractivity contribution in [3.8, 4) is 22.0 Å². The number of carbonyl (C=O) groups excluding carboxylic acids is 1. The number of aromatic amines is 1. The Morgan fingerprint density at radius 2 is 1.90 bits per heavy atom. The molecule has 0 aliphatic carbocycles. The lowest BCUT2D eigenvalue weighted by molar-refractivity contribution is 0.101. The highest BCUT2D eigenvalue weighted by Gasteiger charge is 2.18. The van der Waals surface area contributed by atoms with E-state index in [0.29, 0.717) is 0 Å². The number of hydrogen-bond acceptors (Lipinski definition) is 3. The predicted octanol–water partition coefficient (Wildman–Crippen LogP) is 4.62. The molecular formula is C17H16N2OS. The molecule has 0 amide bonds. The van der Waals surface area contributed by atoms with Crippen LogP contribution in [0.25, 0.3) is 22.0 Å². The van der Waals surface area contributed by atoms with Crippen LogP contribution in [0.1, 0.15) is 28.5 Å². The molecule has 2 heterocycles. The molecule has 0 unspecified atom stereocenters. The molecule has 0 bridgehead atoms. The molecule has 0 saturated heterocycles. The number of ketones is 1. The van der Waals surface area contributed by atoms with Gasteiger partial charge in [-0.15, -0.1) is 11.3 Å². The Balaban J connectivity index is 2.05. The minimum absolute atomic E-state index is 0.0889. The topological polar surface area (TPSA) is 45.8 Å². The first-order chi connectivity index (χ1) is 10.1. The third-order valence-electron chi connectivity index (χ3n) is 3.57. The molecule has 0 saturated carbocycles. The Kier molecular flexibility index (Phi) is 3.47. The Morgan fingerprint density at radius 1 is 1.19 bits per heavy atom. The Morgan fingerprint density at radius 3 is 2.52 bits per heavy atom. The van der Waals surface area contributed by atoms with Crippen LogP contribution < -0.4 is 0 Å². The molecule has 4 heteroatoms. The zero-order valence-electron chi connectivity index (χ0n) is 12.2. The van der Waals surface area contributed by atoms with Crippen LogP contribution in [-0.4, -0.2) is 15.8 Å². The molecular weight excluding hydrogens is 280 g/mol. The minimum Gasteiger partial charge on any atom is -0.356 e. The van der Waals surface area contributed by atoms with Gasteiger partial charge in [0, 0.05) is 22.2 Å². The summed E-state index contributed by atoms with van der Waals surface area (Å²) in [5.41, 5.74) is 5.61. The molecule has 1 N–H and O–H groups in total. The van der Waals surface area contributed by atoms with Crippen LogP contribution in [0.15, 0.2) is 35.7 Å². The van der Waals surface area contributed by atoms with Crippen molar-refractivity contribution in [1.29, 1.82) is 0 Å². The summed E-state index contributed by atoms with van der Waals surface area (Å²) in [5.74, 6) is 0.0889. The monoisotopic (exact) mass is 296 g/mol. The third kappa shape index (κ3) is 2.43. The number of benzene rings is 1. The van der Waals surface area contributed by atoms with E-state index in [4.69, 9.17) is 4.98 Å². The van der Waals surface area contributed by atoms with E-state index < -0.39 is 0 Å². The summed E-state index contributed by atoms with van der Waals surface area (Å²) >= 11 is 1.61. The van der Waals surface area contributed by atoms with E-state index in [1.807, 2.05) is 37.4 Å². The van der Waals surface area contributed by atoms with Gasteiger partial charge in [0.15, 0.2) is 5.78 Å². The van der Waals surface area contributed by atoms with Crippen LogP contribution in [0.5, 0.6) is 0 Å². The number of rotatable bonds is 3. The highest BCUT2D eigenvalue weighted by molar-refractivity contribution is 7.13. The maximum atomic E-state index is 11.7. The Labute approximate surface area is 127 Å². The van der Waals surface area contributed by atoms with Crippen LogP contribution in [0.2, 0.25) is 0 Å². The summed E-state index contributed by atoms with van der Waals surface area (Å²) in [5, 5.41) is 3.02. The fourth-order valence-electron chi connectivity index (χ4n) is 2.64. The zero-order chi connectivity index (χ0) is 15.0. The average Bonchev–Trinajstić information content (AvgIpc) is 3.04. The first-order valence-corrected chi connectivity index (χ1v) is 7.67. The second-order valence-electron chi connectivity index (χ2n) is 5.09. The quantitative estimate of drug-likeness (QED) is 0.716. The Bertz CT molecular complexity index is 800. The van der Waals surface area contributed by atoms with Crippen LogP contribution in [-0.2, 0) is 0 Å². The van der Waals surface area contributed by atoms with Crippen molar-refractivity contribution in [3.63, 3.8) is 0 Å². The van der Waals surface area contributed by atoms with Gasteiger partial charge in [0.25, 0.3) is 0 Å². The Hall–Kier alpha value is -2.20. The van der Waals surface area contributed by atoms with E-state index in [2.05, 4.69) is 17.1 Å². The lowest BCUT2D eigenvalue weighted by Gasteiger charge is -1.97. The smallest absolute Gasteiger partial charge is 0.161 e. The van der Waals surface area contributed by atoms with Crippen molar-refractivity contribution in [1.82, 2.24) is 9.97 Å². The molecule has 0 atom stereocenters. The van der Waals surface area contributed by atoms with Crippen LogP contribution in [0, 0.1) is 13.8 Å². The minimum atomic E-state index is 0.0889. The average molecular weight is 296 g/mol. The molecule has 106 valence electrons. The van der Waals surface area contributed by atoms with Crippen molar-refractivity contribution in [3.05, 3.63) is 52.5 Å². The van der Waals surface area contributed by atoms with Crippen molar-refractivity contribution in [2.45, 2.75) is 20.8 Å². The number of hydrogen-bond donors (Lipinski definition) is 1. The fraction of sp³-hybridized carbons (Fsp3) is 0.176. The van der Waals surface area contributed by atoms with Crippen molar-refractivity contribution in [2.75, 3.05) is 0 Å². The van der Waals surface area contributed by atoms with Crippen molar-refractivity contribution >= 4 is 17.1 Å². The summed E-state index contributed by atoms with van der Waals surface area (Å²) in [6, 6.07) is 10.1. The van der Waals surface area contributed by atoms with Gasteiger partial charge in [0.05, 0.1) is 11.4 Å². The van der Waals surface area contributed by atoms with Gasteiger partial charge in [-0.1, -0.05) is 30.3 Å². The van der Waals surface area contributed by atoms with Gasteiger partial charge in [-0.3, -0.25) is 4.79 Å². The lowest BCUT2D eigenvalue weighted by Crippen LogP contribution is -1.94. The van der Waals surface area contributed by atoms with Crippen molar-refractivity contribution in [2.24, 2.45) is 0 Å². The molecule has 0 spiro atoms. The first-order valence-electron chi connectivity index (χ1n) is 6.79.